The zero-order valence-electron chi connectivity index (χ0n) is 15.8. The zero-order chi connectivity index (χ0) is 20.3. The summed E-state index contributed by atoms with van der Waals surface area (Å²) in [7, 11) is 1.44. The molecule has 0 spiro atoms. The molecule has 1 aliphatic rings. The van der Waals surface area contributed by atoms with Gasteiger partial charge >= 0.3 is 6.18 Å². The monoisotopic (exact) mass is 392 g/mol. The summed E-state index contributed by atoms with van der Waals surface area (Å²) >= 11 is 0. The van der Waals surface area contributed by atoms with Gasteiger partial charge in [-0.1, -0.05) is 12.1 Å². The van der Waals surface area contributed by atoms with E-state index in [0.29, 0.717) is 11.4 Å². The molecule has 3 rings (SSSR count). The van der Waals surface area contributed by atoms with Gasteiger partial charge in [-0.15, -0.1) is 0 Å². The Kier molecular flexibility index (Phi) is 5.82. The van der Waals surface area contributed by atoms with Crippen LogP contribution in [0.1, 0.15) is 42.1 Å². The number of rotatable bonds is 4. The maximum Gasteiger partial charge on any atom is 0.416 e. The number of amides is 1. The van der Waals surface area contributed by atoms with Gasteiger partial charge in [-0.3, -0.25) is 4.79 Å². The number of carbonyl (C=O) groups excluding carboxylic acids is 1. The van der Waals surface area contributed by atoms with Crippen molar-refractivity contribution >= 4 is 17.3 Å². The van der Waals surface area contributed by atoms with E-state index in [0.717, 1.165) is 37.9 Å². The molecule has 2 aromatic carbocycles. The number of hydrogen-bond acceptors (Lipinski definition) is 3. The van der Waals surface area contributed by atoms with Crippen LogP contribution in [0.5, 0.6) is 5.75 Å². The molecule has 0 radical (unpaired) electrons. The second-order valence-electron chi connectivity index (χ2n) is 6.92. The molecule has 1 N–H and O–H groups in total. The summed E-state index contributed by atoms with van der Waals surface area (Å²) in [6.45, 7) is 2.78. The highest BCUT2D eigenvalue weighted by atomic mass is 19.4. The van der Waals surface area contributed by atoms with Crippen LogP contribution in [0.3, 0.4) is 0 Å². The summed E-state index contributed by atoms with van der Waals surface area (Å²) in [5.74, 6) is -0.150. The molecule has 0 aliphatic carbocycles. The van der Waals surface area contributed by atoms with Crippen molar-refractivity contribution in [3.8, 4) is 5.75 Å². The molecule has 1 aliphatic heterocycles. The van der Waals surface area contributed by atoms with Crippen molar-refractivity contribution in [2.75, 3.05) is 23.9 Å². The first-order valence-electron chi connectivity index (χ1n) is 9.23. The van der Waals surface area contributed by atoms with Gasteiger partial charge in [0.2, 0.25) is 0 Å². The first kappa shape index (κ1) is 20.0. The molecule has 1 heterocycles. The minimum atomic E-state index is -4.49. The van der Waals surface area contributed by atoms with Crippen LogP contribution in [0.2, 0.25) is 0 Å². The molecule has 0 aromatic heterocycles. The number of nitrogens with zero attached hydrogens (tertiary/aromatic N) is 1. The third-order valence-corrected chi connectivity index (χ3v) is 5.04. The van der Waals surface area contributed by atoms with Gasteiger partial charge in [0.15, 0.2) is 0 Å². The first-order valence-corrected chi connectivity index (χ1v) is 9.23. The van der Waals surface area contributed by atoms with E-state index < -0.39 is 17.6 Å². The normalized spacial score (nSPS) is 17.3. The Balaban J connectivity index is 2.00. The number of ether oxygens (including phenoxy) is 1. The maximum atomic E-state index is 13.3. The number of anilines is 2. The van der Waals surface area contributed by atoms with Gasteiger partial charge in [0.05, 0.1) is 29.6 Å². The van der Waals surface area contributed by atoms with E-state index in [-0.39, 0.29) is 17.3 Å². The fraction of sp³-hybridized carbons (Fsp3) is 0.381. The topological polar surface area (TPSA) is 41.6 Å². The van der Waals surface area contributed by atoms with Gasteiger partial charge in [-0.05, 0) is 56.5 Å². The largest absolute Gasteiger partial charge is 0.496 e. The molecule has 28 heavy (non-hydrogen) atoms. The van der Waals surface area contributed by atoms with Crippen molar-refractivity contribution in [3.05, 3.63) is 53.6 Å². The quantitative estimate of drug-likeness (QED) is 0.763. The predicted octanol–water partition coefficient (Wildman–Crippen LogP) is 5.35. The fourth-order valence-corrected chi connectivity index (χ4v) is 3.54. The van der Waals surface area contributed by atoms with E-state index in [1.165, 1.54) is 13.2 Å². The third-order valence-electron chi connectivity index (χ3n) is 5.04. The number of hydrogen-bond donors (Lipinski definition) is 1. The van der Waals surface area contributed by atoms with Crippen molar-refractivity contribution in [2.45, 2.75) is 38.4 Å². The smallest absolute Gasteiger partial charge is 0.416 e. The van der Waals surface area contributed by atoms with Crippen molar-refractivity contribution in [3.63, 3.8) is 0 Å². The van der Waals surface area contributed by atoms with Crippen LogP contribution in [0, 0.1) is 0 Å². The van der Waals surface area contributed by atoms with E-state index in [2.05, 4.69) is 10.2 Å². The molecule has 0 bridgehead atoms. The summed E-state index contributed by atoms with van der Waals surface area (Å²) < 4.78 is 44.9. The molecule has 150 valence electrons. The zero-order valence-corrected chi connectivity index (χ0v) is 15.8. The number of methoxy groups -OCH3 is 1. The molecule has 7 heteroatoms. The number of carbonyl (C=O) groups is 1. The Morgan fingerprint density at radius 3 is 2.61 bits per heavy atom. The van der Waals surface area contributed by atoms with E-state index >= 15 is 0 Å². The molecule has 1 amide bonds. The Morgan fingerprint density at radius 2 is 1.93 bits per heavy atom. The van der Waals surface area contributed by atoms with Crippen LogP contribution in [-0.2, 0) is 6.18 Å². The van der Waals surface area contributed by atoms with Crippen LogP contribution in [-0.4, -0.2) is 25.6 Å². The standard InChI is InChI=1S/C21H23F3N2O2/c1-14-7-5-6-12-26(14)18-11-10-15(21(22,23)24)13-17(18)25-20(27)16-8-3-4-9-19(16)28-2/h3-4,8-11,13-14H,5-7,12H2,1-2H3,(H,25,27). The number of piperidine rings is 1. The van der Waals surface area contributed by atoms with Crippen LogP contribution >= 0.6 is 0 Å². The lowest BCUT2D eigenvalue weighted by molar-refractivity contribution is -0.137. The molecule has 4 nitrogen and oxygen atoms in total. The van der Waals surface area contributed by atoms with Crippen LogP contribution in [0.4, 0.5) is 24.5 Å². The number of nitrogens with one attached hydrogen (secondary N) is 1. The molecule has 1 saturated heterocycles. The summed E-state index contributed by atoms with van der Waals surface area (Å²) in [4.78, 5) is 14.8. The molecule has 1 fully saturated rings. The highest BCUT2D eigenvalue weighted by Crippen LogP contribution is 2.38. The Labute approximate surface area is 162 Å². The predicted molar refractivity (Wildman–Crippen MR) is 103 cm³/mol. The van der Waals surface area contributed by atoms with Crippen molar-refractivity contribution < 1.29 is 22.7 Å². The van der Waals surface area contributed by atoms with Crippen molar-refractivity contribution in [1.82, 2.24) is 0 Å². The summed E-state index contributed by atoms with van der Waals surface area (Å²) in [6.07, 6.45) is -1.48. The van der Waals surface area contributed by atoms with Gasteiger partial charge in [0.25, 0.3) is 5.91 Å². The Bertz CT molecular complexity index is 852. The number of benzene rings is 2. The second kappa shape index (κ2) is 8.12. The number of para-hydroxylation sites is 1. The van der Waals surface area contributed by atoms with E-state index in [9.17, 15) is 18.0 Å². The fourth-order valence-electron chi connectivity index (χ4n) is 3.54. The highest BCUT2D eigenvalue weighted by molar-refractivity contribution is 6.07. The lowest BCUT2D eigenvalue weighted by atomic mass is 10.0. The van der Waals surface area contributed by atoms with Gasteiger partial charge < -0.3 is 15.0 Å². The Morgan fingerprint density at radius 1 is 1.18 bits per heavy atom. The minimum Gasteiger partial charge on any atom is -0.496 e. The van der Waals surface area contributed by atoms with E-state index in [4.69, 9.17) is 4.74 Å². The second-order valence-corrected chi connectivity index (χ2v) is 6.92. The molecule has 1 atom stereocenters. The van der Waals surface area contributed by atoms with Crippen molar-refractivity contribution in [2.24, 2.45) is 0 Å². The average Bonchev–Trinajstić information content (AvgIpc) is 2.67. The van der Waals surface area contributed by atoms with Crippen LogP contribution < -0.4 is 15.0 Å². The van der Waals surface area contributed by atoms with E-state index in [1.807, 2.05) is 6.92 Å². The van der Waals surface area contributed by atoms with Gasteiger partial charge in [-0.25, -0.2) is 0 Å². The number of alkyl halides is 3. The molecular weight excluding hydrogens is 369 g/mol. The SMILES string of the molecule is COc1ccccc1C(=O)Nc1cc(C(F)(F)F)ccc1N1CCCCC1C. The van der Waals surface area contributed by atoms with Gasteiger partial charge in [-0.2, -0.15) is 13.2 Å². The van der Waals surface area contributed by atoms with Gasteiger partial charge in [0, 0.05) is 12.6 Å². The summed E-state index contributed by atoms with van der Waals surface area (Å²) in [5.41, 5.74) is 0.222. The van der Waals surface area contributed by atoms with Crippen molar-refractivity contribution in [1.29, 1.82) is 0 Å². The number of halogens is 3. The molecule has 2 aromatic rings. The minimum absolute atomic E-state index is 0.152. The van der Waals surface area contributed by atoms with Gasteiger partial charge in [0.1, 0.15) is 5.75 Å². The lowest BCUT2D eigenvalue weighted by Gasteiger charge is -2.36. The summed E-state index contributed by atoms with van der Waals surface area (Å²) in [6, 6.07) is 10.3. The molecule has 0 saturated carbocycles. The van der Waals surface area contributed by atoms with E-state index in [1.54, 1.807) is 24.3 Å². The maximum absolute atomic E-state index is 13.3. The first-order chi connectivity index (χ1) is 13.3. The molecule has 1 unspecified atom stereocenters. The van der Waals surface area contributed by atoms with Crippen LogP contribution in [0.25, 0.3) is 0 Å². The summed E-state index contributed by atoms with van der Waals surface area (Å²) in [5, 5.41) is 2.67. The lowest BCUT2D eigenvalue weighted by Crippen LogP contribution is -2.38. The highest BCUT2D eigenvalue weighted by Gasteiger charge is 2.32. The third kappa shape index (κ3) is 4.24. The van der Waals surface area contributed by atoms with Crippen LogP contribution in [0.15, 0.2) is 42.5 Å². The molecular formula is C21H23F3N2O2. The average molecular weight is 392 g/mol. The Hall–Kier alpha value is -2.70.